The number of rotatable bonds is 12. The van der Waals surface area contributed by atoms with Crippen molar-refractivity contribution in [1.82, 2.24) is 0 Å². The highest BCUT2D eigenvalue weighted by Crippen LogP contribution is 2.41. The number of nitrogens with zero attached hydrogens (tertiary/aromatic N) is 6. The first-order valence-corrected chi connectivity index (χ1v) is 21.4. The van der Waals surface area contributed by atoms with Crippen LogP contribution in [-0.4, -0.2) is 83.9 Å². The number of hydrogen-bond acceptors (Lipinski definition) is 17. The molecule has 0 saturated heterocycles. The Hall–Kier alpha value is -7.55. The maximum atomic E-state index is 13.7. The molecule has 22 nitrogen and oxygen atoms in total. The van der Waals surface area contributed by atoms with Gasteiger partial charge in [0.25, 0.3) is 30.4 Å². The summed E-state index contributed by atoms with van der Waals surface area (Å²) in [6, 6.07) is 16.7. The zero-order valence-electron chi connectivity index (χ0n) is 31.3. The van der Waals surface area contributed by atoms with E-state index in [4.69, 9.17) is 5.73 Å². The number of azo groups is 1. The first kappa shape index (κ1) is 44.0. The molecule has 0 amide bonds. The van der Waals surface area contributed by atoms with Gasteiger partial charge in [0.2, 0.25) is 11.7 Å². The monoisotopic (exact) mass is 903 g/mol. The second-order valence-electron chi connectivity index (χ2n) is 12.7. The van der Waals surface area contributed by atoms with Crippen molar-refractivity contribution in [1.29, 1.82) is 0 Å². The minimum atomic E-state index is -5.23. The Morgan fingerprint density at radius 2 is 1.27 bits per heavy atom. The number of benzene rings is 4. The van der Waals surface area contributed by atoms with Crippen molar-refractivity contribution in [2.75, 3.05) is 16.6 Å². The van der Waals surface area contributed by atoms with E-state index < -0.39 is 84.9 Å². The average molecular weight is 904 g/mol. The van der Waals surface area contributed by atoms with Crippen molar-refractivity contribution in [3.8, 4) is 0 Å². The van der Waals surface area contributed by atoms with Gasteiger partial charge in [0, 0.05) is 18.6 Å². The van der Waals surface area contributed by atoms with Gasteiger partial charge in [0.05, 0.1) is 44.6 Å². The number of carbonyl (C=O) groups is 2. The highest BCUT2D eigenvalue weighted by Gasteiger charge is 2.37. The fourth-order valence-corrected chi connectivity index (χ4v) is 7.30. The van der Waals surface area contributed by atoms with E-state index in [2.05, 4.69) is 41.3 Å². The normalized spacial score (nSPS) is 16.4. The lowest BCUT2D eigenvalue weighted by Gasteiger charge is -2.20. The van der Waals surface area contributed by atoms with Crippen LogP contribution >= 0.6 is 0 Å². The Balaban J connectivity index is 1.24. The molecule has 0 bridgehead atoms. The Kier molecular flexibility index (Phi) is 12.2. The zero-order valence-corrected chi connectivity index (χ0v) is 33.8. The van der Waals surface area contributed by atoms with Gasteiger partial charge in [0.1, 0.15) is 21.2 Å². The molecule has 6 rings (SSSR count). The Morgan fingerprint density at radius 3 is 1.85 bits per heavy atom. The van der Waals surface area contributed by atoms with Crippen molar-refractivity contribution in [2.45, 2.75) is 16.7 Å². The number of aliphatic hydroxyl groups is 2. The third-order valence-electron chi connectivity index (χ3n) is 8.33. The lowest BCUT2D eigenvalue weighted by atomic mass is 9.92. The van der Waals surface area contributed by atoms with E-state index in [1.54, 1.807) is 24.3 Å². The molecule has 0 unspecified atom stereocenters. The number of nitrogens with two attached hydrogens (primary N) is 1. The second kappa shape index (κ2) is 17.2. The first-order valence-electron chi connectivity index (χ1n) is 17.1. The summed E-state index contributed by atoms with van der Waals surface area (Å²) >= 11 is 0. The molecule has 0 saturated carbocycles. The van der Waals surface area contributed by atoms with Gasteiger partial charge < -0.3 is 15.9 Å². The number of aliphatic hydroxyl groups excluding tert-OH is 2. The molecule has 0 aromatic heterocycles. The van der Waals surface area contributed by atoms with Crippen molar-refractivity contribution in [2.24, 2.45) is 30.4 Å². The SMILES string of the molecule is CC(O)=NC1=CC(=O)C=C/C1=N/Nc1ccc(N=C(O)c2ccc(N=Nc3c(S(=O)(=O)O)cc4c(c3N)C(=O)/C(=N/Nc3ccc(S(=O)(=O)O)cc3)C(S(=O)(=O)O)=C4)cc2)cc1. The fourth-order valence-electron chi connectivity index (χ4n) is 5.49. The molecule has 0 spiro atoms. The van der Waals surface area contributed by atoms with Gasteiger partial charge in [-0.1, -0.05) is 0 Å². The van der Waals surface area contributed by atoms with Gasteiger partial charge in [-0.3, -0.25) is 34.1 Å². The molecular weight excluding hydrogens is 875 g/mol. The van der Waals surface area contributed by atoms with E-state index in [-0.39, 0.29) is 40.0 Å². The lowest BCUT2D eigenvalue weighted by molar-refractivity contribution is -0.110. The molecule has 4 aromatic carbocycles. The van der Waals surface area contributed by atoms with E-state index in [0.29, 0.717) is 23.5 Å². The summed E-state index contributed by atoms with van der Waals surface area (Å²) in [5.74, 6) is -2.24. The molecule has 2 aliphatic rings. The van der Waals surface area contributed by atoms with Crippen LogP contribution in [0.25, 0.3) is 6.08 Å². The van der Waals surface area contributed by atoms with Crippen LogP contribution in [0.4, 0.5) is 34.1 Å². The Morgan fingerprint density at radius 1 is 0.677 bits per heavy atom. The number of hydrogen-bond donors (Lipinski definition) is 8. The number of hydrazone groups is 2. The van der Waals surface area contributed by atoms with E-state index >= 15 is 0 Å². The summed E-state index contributed by atoms with van der Waals surface area (Å²) in [4.78, 5) is 30.9. The Labute approximate surface area is 350 Å². The van der Waals surface area contributed by atoms with Gasteiger partial charge in [-0.2, -0.15) is 40.6 Å². The molecule has 318 valence electrons. The van der Waals surface area contributed by atoms with Crippen molar-refractivity contribution in [3.63, 3.8) is 0 Å². The third-order valence-corrected chi connectivity index (χ3v) is 10.9. The summed E-state index contributed by atoms with van der Waals surface area (Å²) in [6.45, 7) is 1.35. The predicted octanol–water partition coefficient (Wildman–Crippen LogP) is 5.47. The van der Waals surface area contributed by atoms with Crippen LogP contribution in [-0.2, 0) is 35.1 Å². The van der Waals surface area contributed by atoms with Crippen LogP contribution in [0.2, 0.25) is 0 Å². The molecule has 0 atom stereocenters. The number of Topliss-reactive ketones (excluding diaryl/α,β-unsaturated/α-hetero) is 1. The predicted molar refractivity (Wildman–Crippen MR) is 227 cm³/mol. The summed E-state index contributed by atoms with van der Waals surface area (Å²) in [5.41, 5.74) is 9.55. The van der Waals surface area contributed by atoms with Gasteiger partial charge in [0.15, 0.2) is 17.4 Å². The van der Waals surface area contributed by atoms with Crippen LogP contribution in [0.15, 0.2) is 148 Å². The topological polar surface area (TPSA) is 362 Å². The molecule has 9 N–H and O–H groups in total. The fraction of sp³-hybridized carbons (Fsp3) is 0.0270. The minimum Gasteiger partial charge on any atom is -0.497 e. The standard InChI is InChI=1S/C37H29N9O13S3/c1-19(47)39-29-18-26(48)12-15-28(29)44-41-24-8-6-22(7-9-24)40-37(50)20-2-4-23(5-3-20)42-45-34-30(61(54,55)56)16-21-17-31(62(57,58)59)35(36(49)32(21)33(34)38)46-43-25-10-13-27(14-11-25)60(51,52)53/h2-18,41,43H,38H2,1H3,(H,39,47)(H,40,50)(H,51,52,53)(H,54,55,56)(H,57,58,59)/b44-28-,45-42?,46-35+. The van der Waals surface area contributed by atoms with Gasteiger partial charge >= 0.3 is 0 Å². The molecule has 4 aromatic rings. The molecule has 0 heterocycles. The Bertz CT molecular complexity index is 3130. The maximum absolute atomic E-state index is 13.7. The summed E-state index contributed by atoms with van der Waals surface area (Å²) in [7, 11) is -15.0. The molecule has 2 aliphatic carbocycles. The minimum absolute atomic E-state index is 0.00460. The number of aliphatic imine (C=N–C) groups is 2. The number of nitrogens with one attached hydrogen (secondary N) is 2. The van der Waals surface area contributed by atoms with Crippen LogP contribution < -0.4 is 16.6 Å². The number of allylic oxidation sites excluding steroid dienone is 4. The third kappa shape index (κ3) is 10.2. The van der Waals surface area contributed by atoms with E-state index in [0.717, 1.165) is 24.3 Å². The number of anilines is 3. The highest BCUT2D eigenvalue weighted by molar-refractivity contribution is 7.91. The number of fused-ring (bicyclic) bond motifs is 1. The van der Waals surface area contributed by atoms with E-state index in [1.807, 2.05) is 0 Å². The zero-order chi connectivity index (χ0) is 45.1. The van der Waals surface area contributed by atoms with Crippen molar-refractivity contribution in [3.05, 3.63) is 124 Å². The first-order chi connectivity index (χ1) is 29.1. The molecule has 62 heavy (non-hydrogen) atoms. The van der Waals surface area contributed by atoms with E-state index in [1.165, 1.54) is 49.4 Å². The largest absolute Gasteiger partial charge is 0.497 e. The van der Waals surface area contributed by atoms with Gasteiger partial charge in [-0.15, -0.1) is 5.11 Å². The maximum Gasteiger partial charge on any atom is 0.296 e. The van der Waals surface area contributed by atoms with Crippen LogP contribution in [0.3, 0.4) is 0 Å². The van der Waals surface area contributed by atoms with E-state index in [9.17, 15) is 58.7 Å². The van der Waals surface area contributed by atoms with Gasteiger partial charge in [-0.05, 0) is 103 Å². The van der Waals surface area contributed by atoms with Crippen molar-refractivity contribution >= 4 is 105 Å². The number of ketones is 2. The summed E-state index contributed by atoms with van der Waals surface area (Å²) in [6.07, 6.45) is 4.62. The quantitative estimate of drug-likeness (QED) is 0.0166. The molecule has 0 fully saturated rings. The molecule has 25 heteroatoms. The summed E-state index contributed by atoms with van der Waals surface area (Å²) in [5, 5.41) is 36.0. The van der Waals surface area contributed by atoms with Crippen molar-refractivity contribution < 1.29 is 58.7 Å². The summed E-state index contributed by atoms with van der Waals surface area (Å²) < 4.78 is 102. The van der Waals surface area contributed by atoms with Gasteiger partial charge in [-0.25, -0.2) is 9.98 Å². The molecule has 0 aliphatic heterocycles. The number of nitrogen functional groups attached to an aromatic ring is 1. The van der Waals surface area contributed by atoms with Crippen LogP contribution in [0.1, 0.15) is 28.4 Å². The smallest absolute Gasteiger partial charge is 0.296 e. The number of carbonyl (C=O) groups excluding carboxylic acids is 2. The molecular formula is C37H29N9O13S3. The second-order valence-corrected chi connectivity index (χ2v) is 16.9. The molecule has 0 radical (unpaired) electrons. The van der Waals surface area contributed by atoms with Crippen LogP contribution in [0.5, 0.6) is 0 Å². The highest BCUT2D eigenvalue weighted by atomic mass is 32.2. The average Bonchev–Trinajstić information content (AvgIpc) is 3.19. The van der Waals surface area contributed by atoms with Crippen LogP contribution in [0, 0.1) is 0 Å². The lowest BCUT2D eigenvalue weighted by Crippen LogP contribution is -2.28.